The Morgan fingerprint density at radius 1 is 1.09 bits per heavy atom. The van der Waals surface area contributed by atoms with Crippen LogP contribution < -0.4 is 0 Å². The minimum Gasteiger partial charge on any atom is -0.472 e. The van der Waals surface area contributed by atoms with E-state index in [1.807, 2.05) is 25.3 Å². The summed E-state index contributed by atoms with van der Waals surface area (Å²) in [5, 5.41) is 24.8. The number of fused-ring (bicyclic) bond motifs is 1. The number of alkyl halides is 3. The Balaban J connectivity index is 1.68. The molecule has 1 unspecified atom stereocenters. The molecule has 252 valence electrons. The number of cyclic esters (lactones) is 1. The summed E-state index contributed by atoms with van der Waals surface area (Å²) in [6, 6.07) is 4.20. The standard InChI is InChI=1S/C34H43F3N2O6S/c1-18-8-7-9-25-27(45-32(39-25)22-10-12-23(13-11-22)34(35,36)37)15-26(19(2)14-24-17-46-21(4)38-24)44-29(41)16-28(40)33(5,6)31(43)20(3)30(18)42/h10-14,17-18,20,25-28,30,40,42H,7-9,15-16H2,1-6H3/b19-14+/t18-,20+,25?,26-,27-,28-,30-/m0/s1. The molecule has 2 aromatic rings. The summed E-state index contributed by atoms with van der Waals surface area (Å²) in [5.41, 5.74) is -0.330. The van der Waals surface area contributed by atoms with E-state index in [0.717, 1.165) is 17.1 Å². The molecule has 0 bridgehead atoms. The first-order chi connectivity index (χ1) is 21.5. The molecule has 12 heteroatoms. The summed E-state index contributed by atoms with van der Waals surface area (Å²) in [6.07, 6.45) is -4.90. The maximum atomic E-state index is 13.4. The van der Waals surface area contributed by atoms with Gasteiger partial charge < -0.3 is 19.7 Å². The maximum Gasteiger partial charge on any atom is 0.416 e. The van der Waals surface area contributed by atoms with Gasteiger partial charge in [-0.2, -0.15) is 13.2 Å². The molecule has 1 aromatic carbocycles. The molecule has 0 radical (unpaired) electrons. The third kappa shape index (κ3) is 8.43. The van der Waals surface area contributed by atoms with Crippen molar-refractivity contribution in [1.29, 1.82) is 0 Å². The van der Waals surface area contributed by atoms with Crippen LogP contribution in [0.4, 0.5) is 13.2 Å². The Bertz CT molecular complexity index is 1450. The molecule has 0 aliphatic carbocycles. The first-order valence-corrected chi connectivity index (χ1v) is 16.5. The van der Waals surface area contributed by atoms with Crippen LogP contribution in [0.5, 0.6) is 0 Å². The van der Waals surface area contributed by atoms with E-state index in [1.54, 1.807) is 27.7 Å². The summed E-state index contributed by atoms with van der Waals surface area (Å²) < 4.78 is 51.8. The fraction of sp³-hybridized carbons (Fsp3) is 0.588. The van der Waals surface area contributed by atoms with E-state index in [0.29, 0.717) is 36.1 Å². The highest BCUT2D eigenvalue weighted by Gasteiger charge is 2.43. The topological polar surface area (TPSA) is 118 Å². The van der Waals surface area contributed by atoms with Gasteiger partial charge in [-0.1, -0.05) is 34.1 Å². The van der Waals surface area contributed by atoms with Crippen molar-refractivity contribution in [3.05, 3.63) is 57.0 Å². The highest BCUT2D eigenvalue weighted by atomic mass is 32.1. The van der Waals surface area contributed by atoms with Crippen LogP contribution in [0.1, 0.15) is 88.6 Å². The van der Waals surface area contributed by atoms with Crippen LogP contribution in [-0.4, -0.2) is 63.3 Å². The van der Waals surface area contributed by atoms with Gasteiger partial charge in [0.1, 0.15) is 18.0 Å². The zero-order chi connectivity index (χ0) is 34.0. The maximum absolute atomic E-state index is 13.4. The summed E-state index contributed by atoms with van der Waals surface area (Å²) in [7, 11) is 0. The number of ether oxygens (including phenoxy) is 2. The molecule has 2 N–H and O–H groups in total. The van der Waals surface area contributed by atoms with Crippen LogP contribution in [-0.2, 0) is 25.2 Å². The van der Waals surface area contributed by atoms with Gasteiger partial charge in [0, 0.05) is 23.3 Å². The number of nitrogens with zero attached hydrogens (tertiary/aromatic N) is 2. The Labute approximate surface area is 271 Å². The number of Topliss-reactive ketones (excluding diaryl/α,β-unsaturated/α-hetero) is 1. The quantitative estimate of drug-likeness (QED) is 0.357. The van der Waals surface area contributed by atoms with Crippen molar-refractivity contribution < 1.29 is 42.4 Å². The number of aromatic nitrogens is 1. The van der Waals surface area contributed by atoms with E-state index in [-0.39, 0.29) is 24.0 Å². The number of rotatable bonds is 3. The van der Waals surface area contributed by atoms with Crippen LogP contribution in [0, 0.1) is 24.2 Å². The number of ketones is 1. The minimum absolute atomic E-state index is 0.184. The number of aliphatic hydroxyl groups excluding tert-OH is 2. The van der Waals surface area contributed by atoms with Gasteiger partial charge in [-0.25, -0.2) is 9.98 Å². The van der Waals surface area contributed by atoms with Gasteiger partial charge in [0.15, 0.2) is 0 Å². The molecule has 2 aliphatic rings. The van der Waals surface area contributed by atoms with E-state index in [1.165, 1.54) is 23.5 Å². The molecule has 7 atom stereocenters. The van der Waals surface area contributed by atoms with Crippen LogP contribution in [0.15, 0.2) is 40.2 Å². The molecule has 1 saturated heterocycles. The van der Waals surface area contributed by atoms with Gasteiger partial charge in [-0.3, -0.25) is 9.59 Å². The second kappa shape index (κ2) is 14.4. The summed E-state index contributed by atoms with van der Waals surface area (Å²) >= 11 is 1.48. The third-order valence-corrected chi connectivity index (χ3v) is 9.96. The summed E-state index contributed by atoms with van der Waals surface area (Å²) in [4.78, 5) is 36.0. The first kappa shape index (κ1) is 35.8. The van der Waals surface area contributed by atoms with Gasteiger partial charge in [0.25, 0.3) is 0 Å². The fourth-order valence-corrected chi connectivity index (χ4v) is 6.61. The first-order valence-electron chi connectivity index (χ1n) is 15.6. The molecule has 46 heavy (non-hydrogen) atoms. The fourth-order valence-electron chi connectivity index (χ4n) is 6.04. The average molecular weight is 665 g/mol. The number of halogens is 3. The summed E-state index contributed by atoms with van der Waals surface area (Å²) in [6.45, 7) is 10.3. The highest BCUT2D eigenvalue weighted by molar-refractivity contribution is 7.09. The van der Waals surface area contributed by atoms with Crippen molar-refractivity contribution in [2.45, 2.75) is 110 Å². The predicted octanol–water partition coefficient (Wildman–Crippen LogP) is 6.55. The van der Waals surface area contributed by atoms with Crippen molar-refractivity contribution in [2.24, 2.45) is 22.2 Å². The lowest BCUT2D eigenvalue weighted by Crippen LogP contribution is -2.46. The van der Waals surface area contributed by atoms with E-state index in [4.69, 9.17) is 14.5 Å². The lowest BCUT2D eigenvalue weighted by atomic mass is 9.73. The van der Waals surface area contributed by atoms with Crippen molar-refractivity contribution in [3.63, 3.8) is 0 Å². The monoisotopic (exact) mass is 664 g/mol. The molecular formula is C34H43F3N2O6S. The molecule has 4 rings (SSSR count). The summed E-state index contributed by atoms with van der Waals surface area (Å²) in [5.74, 6) is -1.89. The Morgan fingerprint density at radius 2 is 1.76 bits per heavy atom. The van der Waals surface area contributed by atoms with Crippen molar-refractivity contribution >= 4 is 35.1 Å². The molecule has 1 fully saturated rings. The van der Waals surface area contributed by atoms with Gasteiger partial charge in [-0.05, 0) is 68.5 Å². The van der Waals surface area contributed by atoms with Crippen LogP contribution in [0.3, 0.4) is 0 Å². The molecule has 3 heterocycles. The Morgan fingerprint density at radius 3 is 2.37 bits per heavy atom. The largest absolute Gasteiger partial charge is 0.472 e. The number of carbonyl (C=O) groups excluding carboxylic acids is 2. The van der Waals surface area contributed by atoms with Crippen molar-refractivity contribution in [1.82, 2.24) is 4.98 Å². The normalized spacial score (nSPS) is 30.3. The van der Waals surface area contributed by atoms with Gasteiger partial charge in [0.05, 0.1) is 46.4 Å². The van der Waals surface area contributed by atoms with Crippen LogP contribution >= 0.6 is 11.3 Å². The number of aliphatic hydroxyl groups is 2. The zero-order valence-corrected chi connectivity index (χ0v) is 27.8. The van der Waals surface area contributed by atoms with Gasteiger partial charge in [0.2, 0.25) is 5.90 Å². The van der Waals surface area contributed by atoms with Gasteiger partial charge in [-0.15, -0.1) is 11.3 Å². The number of aryl methyl sites for hydroxylation is 1. The molecule has 8 nitrogen and oxygen atoms in total. The molecule has 0 amide bonds. The number of carbonyl (C=O) groups is 2. The SMILES string of the molecule is C/C(=C\c1csc(C)n1)[C@@H]1C[C@@H]2OC(c3ccc(C(F)(F)F)cc3)=NC2CCC[C@H](C)[C@H](O)[C@@H](C)C(=O)C(C)(C)[C@@H](O)CC(=O)O1. The predicted molar refractivity (Wildman–Crippen MR) is 169 cm³/mol. The number of hydrogen-bond acceptors (Lipinski definition) is 9. The number of esters is 1. The number of benzene rings is 1. The molecule has 1 aromatic heterocycles. The number of thiazole rings is 1. The van der Waals surface area contributed by atoms with Crippen molar-refractivity contribution in [2.75, 3.05) is 0 Å². The molecule has 0 saturated carbocycles. The Kier molecular flexibility index (Phi) is 11.2. The van der Waals surface area contributed by atoms with Crippen LogP contribution in [0.25, 0.3) is 6.08 Å². The molecule has 0 spiro atoms. The number of aliphatic imine (C=N–C) groups is 1. The second-order valence-corrected chi connectivity index (χ2v) is 14.2. The highest BCUT2D eigenvalue weighted by Crippen LogP contribution is 2.35. The number of hydrogen-bond donors (Lipinski definition) is 2. The lowest BCUT2D eigenvalue weighted by molar-refractivity contribution is -0.155. The third-order valence-electron chi connectivity index (χ3n) is 9.17. The smallest absolute Gasteiger partial charge is 0.416 e. The average Bonchev–Trinajstić information content (AvgIpc) is 3.59. The lowest BCUT2D eigenvalue weighted by Gasteiger charge is -2.34. The van der Waals surface area contributed by atoms with Crippen molar-refractivity contribution in [3.8, 4) is 0 Å². The Hall–Kier alpha value is -3.09. The van der Waals surface area contributed by atoms with Gasteiger partial charge >= 0.3 is 12.1 Å². The second-order valence-electron chi connectivity index (χ2n) is 13.1. The van der Waals surface area contributed by atoms with E-state index in [9.17, 15) is 33.0 Å². The van der Waals surface area contributed by atoms with Crippen LogP contribution in [0.2, 0.25) is 0 Å². The van der Waals surface area contributed by atoms with E-state index >= 15 is 0 Å². The molecule has 2 aliphatic heterocycles. The van der Waals surface area contributed by atoms with E-state index < -0.39 is 65.9 Å². The molecular weight excluding hydrogens is 621 g/mol. The minimum atomic E-state index is -4.48. The zero-order valence-electron chi connectivity index (χ0n) is 27.0. The van der Waals surface area contributed by atoms with E-state index in [2.05, 4.69) is 4.98 Å².